The highest BCUT2D eigenvalue weighted by Gasteiger charge is 2.26. The average molecular weight is 250 g/mol. The van der Waals surface area contributed by atoms with Gasteiger partial charge in [-0.2, -0.15) is 0 Å². The summed E-state index contributed by atoms with van der Waals surface area (Å²) >= 11 is 5.94. The molecule has 0 amide bonds. The van der Waals surface area contributed by atoms with Crippen molar-refractivity contribution in [2.75, 3.05) is 6.54 Å². The predicted octanol–water partition coefficient (Wildman–Crippen LogP) is 4.26. The van der Waals surface area contributed by atoms with E-state index in [1.54, 1.807) is 0 Å². The van der Waals surface area contributed by atoms with Gasteiger partial charge >= 0.3 is 0 Å². The summed E-state index contributed by atoms with van der Waals surface area (Å²) in [5.41, 5.74) is 10.4. The van der Waals surface area contributed by atoms with Crippen LogP contribution in [0, 0.1) is 5.41 Å². The molecule has 0 atom stereocenters. The van der Waals surface area contributed by atoms with Crippen molar-refractivity contribution in [1.29, 1.82) is 0 Å². The summed E-state index contributed by atoms with van der Waals surface area (Å²) in [4.78, 5) is 0. The van der Waals surface area contributed by atoms with Crippen LogP contribution in [-0.2, 0) is 0 Å². The van der Waals surface area contributed by atoms with Crippen LogP contribution < -0.4 is 5.73 Å². The van der Waals surface area contributed by atoms with Crippen molar-refractivity contribution in [2.24, 2.45) is 11.1 Å². The zero-order valence-electron chi connectivity index (χ0n) is 10.6. The van der Waals surface area contributed by atoms with E-state index in [4.69, 9.17) is 17.3 Å². The normalized spacial score (nSPS) is 19.5. The van der Waals surface area contributed by atoms with Gasteiger partial charge in [-0.25, -0.2) is 0 Å². The molecular weight excluding hydrogens is 230 g/mol. The third kappa shape index (κ3) is 2.91. The van der Waals surface area contributed by atoms with E-state index < -0.39 is 0 Å². The van der Waals surface area contributed by atoms with Crippen LogP contribution in [0.4, 0.5) is 0 Å². The highest BCUT2D eigenvalue weighted by molar-refractivity contribution is 6.30. The number of nitrogens with two attached hydrogens (primary N) is 1. The fourth-order valence-electron chi connectivity index (χ4n) is 2.51. The minimum absolute atomic E-state index is 0.383. The van der Waals surface area contributed by atoms with Crippen molar-refractivity contribution >= 4 is 17.2 Å². The molecule has 2 rings (SSSR count). The summed E-state index contributed by atoms with van der Waals surface area (Å²) in [5.74, 6) is 0. The van der Waals surface area contributed by atoms with Gasteiger partial charge in [-0.3, -0.25) is 0 Å². The Balaban J connectivity index is 2.39. The third-order valence-electron chi connectivity index (χ3n) is 3.62. The van der Waals surface area contributed by atoms with E-state index in [2.05, 4.69) is 26.0 Å². The molecule has 1 aromatic rings. The number of benzene rings is 1. The van der Waals surface area contributed by atoms with Crippen LogP contribution in [-0.4, -0.2) is 6.54 Å². The van der Waals surface area contributed by atoms with Crippen LogP contribution in [0.15, 0.2) is 29.8 Å². The van der Waals surface area contributed by atoms with Gasteiger partial charge in [0.1, 0.15) is 0 Å². The minimum atomic E-state index is 0.383. The lowest BCUT2D eigenvalue weighted by atomic mass is 9.72. The Labute approximate surface area is 109 Å². The van der Waals surface area contributed by atoms with Crippen molar-refractivity contribution in [3.05, 3.63) is 40.4 Å². The minimum Gasteiger partial charge on any atom is -0.327 e. The predicted molar refractivity (Wildman–Crippen MR) is 75.1 cm³/mol. The van der Waals surface area contributed by atoms with Crippen molar-refractivity contribution in [1.82, 2.24) is 0 Å². The van der Waals surface area contributed by atoms with Crippen LogP contribution in [0.25, 0.3) is 5.57 Å². The lowest BCUT2D eigenvalue weighted by molar-refractivity contribution is 0.331. The monoisotopic (exact) mass is 249 g/mol. The number of allylic oxidation sites excluding steroid dienone is 1. The fraction of sp³-hybridized carbons (Fsp3) is 0.467. The first-order valence-corrected chi connectivity index (χ1v) is 6.56. The van der Waals surface area contributed by atoms with Crippen molar-refractivity contribution < 1.29 is 0 Å². The number of rotatable bonds is 2. The molecule has 17 heavy (non-hydrogen) atoms. The van der Waals surface area contributed by atoms with Crippen molar-refractivity contribution in [3.63, 3.8) is 0 Å². The van der Waals surface area contributed by atoms with Gasteiger partial charge in [0.15, 0.2) is 0 Å². The summed E-state index contributed by atoms with van der Waals surface area (Å²) in [6.45, 7) is 5.33. The van der Waals surface area contributed by atoms with Gasteiger partial charge < -0.3 is 5.73 Å². The van der Waals surface area contributed by atoms with Crippen molar-refractivity contribution in [2.45, 2.75) is 33.1 Å². The molecule has 0 aromatic heterocycles. The highest BCUT2D eigenvalue weighted by Crippen LogP contribution is 2.42. The molecule has 0 bridgehead atoms. The molecule has 0 fully saturated rings. The Morgan fingerprint density at radius 1 is 1.24 bits per heavy atom. The van der Waals surface area contributed by atoms with Gasteiger partial charge in [0.25, 0.3) is 0 Å². The Morgan fingerprint density at radius 2 is 1.88 bits per heavy atom. The molecule has 92 valence electrons. The third-order valence-corrected chi connectivity index (χ3v) is 3.88. The number of halogens is 1. The second-order valence-corrected chi connectivity index (χ2v) is 6.07. The Hall–Kier alpha value is -0.790. The van der Waals surface area contributed by atoms with Gasteiger partial charge in [0, 0.05) is 11.6 Å². The molecule has 0 heterocycles. The molecule has 0 saturated carbocycles. The van der Waals surface area contributed by atoms with Gasteiger partial charge in [-0.05, 0) is 47.9 Å². The maximum atomic E-state index is 5.94. The van der Waals surface area contributed by atoms with Gasteiger partial charge in [0.2, 0.25) is 0 Å². The van der Waals surface area contributed by atoms with Gasteiger partial charge in [-0.15, -0.1) is 0 Å². The number of hydrogen-bond donors (Lipinski definition) is 1. The smallest absolute Gasteiger partial charge is 0.0406 e. The van der Waals surface area contributed by atoms with Gasteiger partial charge in [0.05, 0.1) is 0 Å². The molecule has 1 aliphatic rings. The molecule has 1 aliphatic carbocycles. The van der Waals surface area contributed by atoms with E-state index in [0.717, 1.165) is 17.9 Å². The van der Waals surface area contributed by atoms with Crippen LogP contribution >= 0.6 is 11.6 Å². The molecule has 0 radical (unpaired) electrons. The summed E-state index contributed by atoms with van der Waals surface area (Å²) in [6, 6.07) is 8.13. The lowest BCUT2D eigenvalue weighted by Gasteiger charge is -2.33. The maximum absolute atomic E-state index is 5.94. The Kier molecular flexibility index (Phi) is 3.60. The molecule has 1 nitrogen and oxygen atoms in total. The molecule has 1 aromatic carbocycles. The molecular formula is C15H20ClN. The zero-order chi connectivity index (χ0) is 12.5. The Bertz CT molecular complexity index is 429. The lowest BCUT2D eigenvalue weighted by Crippen LogP contribution is -2.21. The SMILES string of the molecule is CC1(C)CCC(CN)=C(c2ccc(Cl)cc2)C1. The fourth-order valence-corrected chi connectivity index (χ4v) is 2.64. The molecule has 0 saturated heterocycles. The van der Waals surface area contributed by atoms with E-state index >= 15 is 0 Å². The first kappa shape index (κ1) is 12.7. The summed E-state index contributed by atoms with van der Waals surface area (Å²) in [7, 11) is 0. The van der Waals surface area contributed by atoms with Crippen molar-refractivity contribution in [3.8, 4) is 0 Å². The standard InChI is InChI=1S/C15H20ClN/c1-15(2)8-7-12(10-17)14(9-15)11-3-5-13(16)6-4-11/h3-6H,7-10,17H2,1-2H3. The van der Waals surface area contributed by atoms with E-state index in [1.165, 1.54) is 23.1 Å². The van der Waals surface area contributed by atoms with E-state index in [1.807, 2.05) is 12.1 Å². The molecule has 2 heteroatoms. The Morgan fingerprint density at radius 3 is 2.47 bits per heavy atom. The van der Waals surface area contributed by atoms with E-state index in [9.17, 15) is 0 Å². The van der Waals surface area contributed by atoms with Crippen LogP contribution in [0.3, 0.4) is 0 Å². The second-order valence-electron chi connectivity index (χ2n) is 5.63. The molecule has 0 unspecified atom stereocenters. The largest absolute Gasteiger partial charge is 0.327 e. The van der Waals surface area contributed by atoms with E-state index in [0.29, 0.717) is 12.0 Å². The van der Waals surface area contributed by atoms with Gasteiger partial charge in [-0.1, -0.05) is 43.2 Å². The van der Waals surface area contributed by atoms with E-state index in [-0.39, 0.29) is 0 Å². The first-order valence-electron chi connectivity index (χ1n) is 6.19. The second kappa shape index (κ2) is 4.83. The quantitative estimate of drug-likeness (QED) is 0.833. The molecule has 2 N–H and O–H groups in total. The summed E-state index contributed by atoms with van der Waals surface area (Å²) in [6.07, 6.45) is 3.47. The average Bonchev–Trinajstić information content (AvgIpc) is 2.29. The summed E-state index contributed by atoms with van der Waals surface area (Å²) in [5, 5.41) is 0.790. The molecule has 0 spiro atoms. The highest BCUT2D eigenvalue weighted by atomic mass is 35.5. The topological polar surface area (TPSA) is 26.0 Å². The summed E-state index contributed by atoms with van der Waals surface area (Å²) < 4.78 is 0. The maximum Gasteiger partial charge on any atom is 0.0406 e. The molecule has 0 aliphatic heterocycles. The van der Waals surface area contributed by atoms with Crippen LogP contribution in [0.2, 0.25) is 5.02 Å². The van der Waals surface area contributed by atoms with Crippen LogP contribution in [0.1, 0.15) is 38.7 Å². The number of hydrogen-bond acceptors (Lipinski definition) is 1. The van der Waals surface area contributed by atoms with Crippen LogP contribution in [0.5, 0.6) is 0 Å². The zero-order valence-corrected chi connectivity index (χ0v) is 11.3. The first-order chi connectivity index (χ1) is 8.02.